The summed E-state index contributed by atoms with van der Waals surface area (Å²) in [6, 6.07) is 4.53. The second kappa shape index (κ2) is 9.94. The summed E-state index contributed by atoms with van der Waals surface area (Å²) in [5.74, 6) is 0.501. The Kier molecular flexibility index (Phi) is 7.99. The second-order valence-electron chi connectivity index (χ2n) is 10.7. The van der Waals surface area contributed by atoms with Crippen LogP contribution in [0.3, 0.4) is 0 Å². The van der Waals surface area contributed by atoms with Gasteiger partial charge in [0.15, 0.2) is 0 Å². The first kappa shape index (κ1) is 25.7. The predicted molar refractivity (Wildman–Crippen MR) is 127 cm³/mol. The van der Waals surface area contributed by atoms with Gasteiger partial charge < -0.3 is 24.8 Å². The molecule has 1 unspecified atom stereocenters. The van der Waals surface area contributed by atoms with E-state index in [1.807, 2.05) is 41.5 Å². The number of carbonyl (C=O) groups is 1. The number of ether oxygens (including phenoxy) is 1. The molecule has 0 aliphatic rings. The Bertz CT molecular complexity index is 1010. The van der Waals surface area contributed by atoms with Crippen molar-refractivity contribution in [2.45, 2.75) is 80.5 Å². The molecule has 3 N–H and O–H groups in total. The third-order valence-electron chi connectivity index (χ3n) is 5.29. The highest BCUT2D eigenvalue weighted by molar-refractivity contribution is 5.89. The molecule has 2 rings (SSSR count). The summed E-state index contributed by atoms with van der Waals surface area (Å²) in [6.07, 6.45) is 0.599. The van der Waals surface area contributed by atoms with Crippen molar-refractivity contribution in [1.82, 2.24) is 9.88 Å². The van der Waals surface area contributed by atoms with Crippen LogP contribution in [-0.2, 0) is 13.2 Å². The summed E-state index contributed by atoms with van der Waals surface area (Å²) < 4.78 is 7.96. The lowest BCUT2D eigenvalue weighted by Gasteiger charge is -2.35. The van der Waals surface area contributed by atoms with Gasteiger partial charge in [-0.1, -0.05) is 61.0 Å². The van der Waals surface area contributed by atoms with Crippen LogP contribution in [0.4, 0.5) is 4.79 Å². The number of benzene rings is 1. The number of nitrogens with zero attached hydrogens (tertiary/aromatic N) is 1. The van der Waals surface area contributed by atoms with Crippen LogP contribution in [0.15, 0.2) is 23.0 Å². The molecule has 1 atom stereocenters. The van der Waals surface area contributed by atoms with Crippen molar-refractivity contribution >= 4 is 16.9 Å². The van der Waals surface area contributed by atoms with Crippen LogP contribution in [-0.4, -0.2) is 27.5 Å². The van der Waals surface area contributed by atoms with E-state index >= 15 is 0 Å². The van der Waals surface area contributed by atoms with Gasteiger partial charge in [0.05, 0.1) is 30.3 Å². The standard InChI is InChI=1S/C25H38N2O5/c1-8-9-12-32-20-18-13-16(14-28)10-11-17(18)22(29)27(15-24(2,3)4)19(20)21(25(5,6)7)26-23(30)31/h10-11,13,21,26,28H,8-9,12,14-15H2,1-7H3,(H,30,31). The lowest BCUT2D eigenvalue weighted by molar-refractivity contribution is 0.169. The zero-order chi connectivity index (χ0) is 24.3. The van der Waals surface area contributed by atoms with Gasteiger partial charge in [0.2, 0.25) is 0 Å². The molecule has 178 valence electrons. The fraction of sp³-hybridized carbons (Fsp3) is 0.600. The van der Waals surface area contributed by atoms with Crippen molar-refractivity contribution in [2.24, 2.45) is 10.8 Å². The number of aliphatic hydroxyl groups excluding tert-OH is 1. The summed E-state index contributed by atoms with van der Waals surface area (Å²) in [5.41, 5.74) is 0.228. The minimum absolute atomic E-state index is 0.166. The Labute approximate surface area is 190 Å². The maximum Gasteiger partial charge on any atom is 0.405 e. The van der Waals surface area contributed by atoms with Crippen LogP contribution in [0.25, 0.3) is 10.8 Å². The molecule has 2 aromatic rings. The quantitative estimate of drug-likeness (QED) is 0.491. The molecule has 0 fully saturated rings. The van der Waals surface area contributed by atoms with Gasteiger partial charge in [-0.15, -0.1) is 0 Å². The fourth-order valence-corrected chi connectivity index (χ4v) is 3.79. The van der Waals surface area contributed by atoms with Gasteiger partial charge in [-0.3, -0.25) is 4.79 Å². The normalized spacial score (nSPS) is 13.2. The molecule has 0 bridgehead atoms. The summed E-state index contributed by atoms with van der Waals surface area (Å²) in [5, 5.41) is 23.0. The third kappa shape index (κ3) is 6.03. The Morgan fingerprint density at radius 2 is 1.81 bits per heavy atom. The number of amides is 1. The first-order valence-corrected chi connectivity index (χ1v) is 11.2. The summed E-state index contributed by atoms with van der Waals surface area (Å²) in [7, 11) is 0. The number of nitrogens with one attached hydrogen (secondary N) is 1. The highest BCUT2D eigenvalue weighted by Gasteiger charge is 2.35. The summed E-state index contributed by atoms with van der Waals surface area (Å²) >= 11 is 0. The molecule has 1 heterocycles. The predicted octanol–water partition coefficient (Wildman–Crippen LogP) is 5.07. The maximum atomic E-state index is 13.7. The number of rotatable bonds is 8. The number of aliphatic hydroxyl groups is 1. The molecule has 7 nitrogen and oxygen atoms in total. The molecule has 0 aliphatic carbocycles. The molecule has 32 heavy (non-hydrogen) atoms. The van der Waals surface area contributed by atoms with Gasteiger partial charge in [-0.25, -0.2) is 4.79 Å². The fourth-order valence-electron chi connectivity index (χ4n) is 3.79. The average Bonchev–Trinajstić information content (AvgIpc) is 2.67. The number of hydrogen-bond donors (Lipinski definition) is 3. The monoisotopic (exact) mass is 446 g/mol. The average molecular weight is 447 g/mol. The van der Waals surface area contributed by atoms with E-state index < -0.39 is 17.6 Å². The van der Waals surface area contributed by atoms with Crippen molar-refractivity contribution in [2.75, 3.05) is 6.61 Å². The molecule has 1 amide bonds. The molecule has 0 radical (unpaired) electrons. The zero-order valence-corrected chi connectivity index (χ0v) is 20.4. The van der Waals surface area contributed by atoms with E-state index in [9.17, 15) is 19.8 Å². The van der Waals surface area contributed by atoms with Crippen molar-refractivity contribution in [1.29, 1.82) is 0 Å². The number of carboxylic acid groups (broad SMARTS) is 1. The van der Waals surface area contributed by atoms with E-state index in [-0.39, 0.29) is 17.6 Å². The smallest absolute Gasteiger partial charge is 0.405 e. The SMILES string of the molecule is CCCCOc1c(C(NC(=O)O)C(C)(C)C)n(CC(C)(C)C)c(=O)c2ccc(CO)cc12. The highest BCUT2D eigenvalue weighted by atomic mass is 16.5. The highest BCUT2D eigenvalue weighted by Crippen LogP contribution is 2.41. The summed E-state index contributed by atoms with van der Waals surface area (Å²) in [4.78, 5) is 25.5. The van der Waals surface area contributed by atoms with E-state index in [0.717, 1.165) is 12.8 Å². The van der Waals surface area contributed by atoms with E-state index in [1.54, 1.807) is 22.8 Å². The second-order valence-corrected chi connectivity index (χ2v) is 10.7. The van der Waals surface area contributed by atoms with Gasteiger partial charge >= 0.3 is 6.09 Å². The lowest BCUT2D eigenvalue weighted by Crippen LogP contribution is -2.41. The molecule has 7 heteroatoms. The number of hydrogen-bond acceptors (Lipinski definition) is 4. The number of unbranched alkanes of at least 4 members (excludes halogenated alkanes) is 1. The molecule has 1 aromatic carbocycles. The lowest BCUT2D eigenvalue weighted by atomic mass is 9.83. The van der Waals surface area contributed by atoms with Gasteiger partial charge in [-0.2, -0.15) is 0 Å². The first-order chi connectivity index (χ1) is 14.8. The van der Waals surface area contributed by atoms with E-state index in [4.69, 9.17) is 4.74 Å². The van der Waals surface area contributed by atoms with E-state index in [0.29, 0.717) is 40.9 Å². The Balaban J connectivity index is 3.02. The Morgan fingerprint density at radius 3 is 2.31 bits per heavy atom. The minimum atomic E-state index is -1.16. The number of fused-ring (bicyclic) bond motifs is 1. The van der Waals surface area contributed by atoms with Gasteiger partial charge in [-0.05, 0) is 34.9 Å². The Hall–Kier alpha value is -2.54. The molecule has 1 aromatic heterocycles. The van der Waals surface area contributed by atoms with Crippen molar-refractivity contribution in [3.8, 4) is 5.75 Å². The minimum Gasteiger partial charge on any atom is -0.491 e. The van der Waals surface area contributed by atoms with Gasteiger partial charge in [0, 0.05) is 11.9 Å². The topological polar surface area (TPSA) is 101 Å². The largest absolute Gasteiger partial charge is 0.491 e. The Morgan fingerprint density at radius 1 is 1.16 bits per heavy atom. The molecule has 0 saturated carbocycles. The van der Waals surface area contributed by atoms with Gasteiger partial charge in [0.25, 0.3) is 5.56 Å². The third-order valence-corrected chi connectivity index (χ3v) is 5.29. The van der Waals surface area contributed by atoms with Crippen LogP contribution in [0, 0.1) is 10.8 Å². The van der Waals surface area contributed by atoms with Crippen molar-refractivity contribution in [3.63, 3.8) is 0 Å². The van der Waals surface area contributed by atoms with Crippen LogP contribution in [0.2, 0.25) is 0 Å². The number of aromatic nitrogens is 1. The van der Waals surface area contributed by atoms with Gasteiger partial charge in [0.1, 0.15) is 5.75 Å². The zero-order valence-electron chi connectivity index (χ0n) is 20.4. The van der Waals surface area contributed by atoms with Crippen LogP contribution < -0.4 is 15.6 Å². The molecular formula is C25H38N2O5. The summed E-state index contributed by atoms with van der Waals surface area (Å²) in [6.45, 7) is 14.7. The molecule has 0 saturated heterocycles. The molecular weight excluding hydrogens is 408 g/mol. The van der Waals surface area contributed by atoms with Crippen LogP contribution in [0.1, 0.15) is 78.6 Å². The number of pyridine rings is 1. The molecule has 0 spiro atoms. The van der Waals surface area contributed by atoms with E-state index in [2.05, 4.69) is 12.2 Å². The maximum absolute atomic E-state index is 13.7. The van der Waals surface area contributed by atoms with Crippen LogP contribution >= 0.6 is 0 Å². The first-order valence-electron chi connectivity index (χ1n) is 11.2. The van der Waals surface area contributed by atoms with Crippen LogP contribution in [0.5, 0.6) is 5.75 Å². The van der Waals surface area contributed by atoms with Crippen molar-refractivity contribution < 1.29 is 19.7 Å². The molecule has 0 aliphatic heterocycles. The van der Waals surface area contributed by atoms with E-state index in [1.165, 1.54) is 0 Å². The van der Waals surface area contributed by atoms with Crippen molar-refractivity contribution in [3.05, 3.63) is 39.8 Å².